The summed E-state index contributed by atoms with van der Waals surface area (Å²) in [7, 11) is 0. The number of rotatable bonds is 0. The van der Waals surface area contributed by atoms with Crippen LogP contribution in [0.2, 0.25) is 0 Å². The molecule has 0 bridgehead atoms. The Morgan fingerprint density at radius 1 is 1.27 bits per heavy atom. The third kappa shape index (κ3) is 3.81. The van der Waals surface area contributed by atoms with Gasteiger partial charge in [-0.25, -0.2) is 0 Å². The van der Waals surface area contributed by atoms with Crippen molar-refractivity contribution in [1.82, 2.24) is 0 Å². The second-order valence-corrected chi connectivity index (χ2v) is 2.78. The van der Waals surface area contributed by atoms with Crippen LogP contribution in [0.4, 0.5) is 0 Å². The Labute approximate surface area is 67.2 Å². The molecule has 1 rings (SSSR count). The Kier molecular flexibility index (Phi) is 3.73. The van der Waals surface area contributed by atoms with Crippen molar-refractivity contribution in [2.45, 2.75) is 32.1 Å². The largest absolute Gasteiger partial charge is 0.502 e. The van der Waals surface area contributed by atoms with Crippen LogP contribution in [0.1, 0.15) is 32.1 Å². The van der Waals surface area contributed by atoms with E-state index >= 15 is 0 Å². The van der Waals surface area contributed by atoms with Gasteiger partial charge >= 0.3 is 0 Å². The van der Waals surface area contributed by atoms with E-state index in [2.05, 4.69) is 0 Å². The zero-order valence-electron chi connectivity index (χ0n) is 6.71. The Morgan fingerprint density at radius 2 is 2.09 bits per heavy atom. The quantitative estimate of drug-likeness (QED) is 0.533. The molecule has 1 aliphatic rings. The van der Waals surface area contributed by atoms with E-state index in [1.807, 2.05) is 6.08 Å². The van der Waals surface area contributed by atoms with E-state index in [1.165, 1.54) is 0 Å². The summed E-state index contributed by atoms with van der Waals surface area (Å²) in [5.41, 5.74) is 0. The van der Waals surface area contributed by atoms with E-state index in [0.29, 0.717) is 18.8 Å². The van der Waals surface area contributed by atoms with Crippen LogP contribution < -0.4 is 0 Å². The molecule has 0 aromatic heterocycles. The lowest BCUT2D eigenvalue weighted by atomic mass is 10.1. The van der Waals surface area contributed by atoms with E-state index < -0.39 is 0 Å². The van der Waals surface area contributed by atoms with Gasteiger partial charge in [0.15, 0.2) is 0 Å². The van der Waals surface area contributed by atoms with E-state index in [9.17, 15) is 4.79 Å². The molecule has 2 nitrogen and oxygen atoms in total. The molecular formula is C9H14O2. The number of ketones is 1. The lowest BCUT2D eigenvalue weighted by Crippen LogP contribution is -2.00. The number of carbonyl (C=O) groups is 1. The highest BCUT2D eigenvalue weighted by atomic mass is 16.5. The molecule has 0 aromatic rings. The van der Waals surface area contributed by atoms with Crippen LogP contribution in [0.25, 0.3) is 0 Å². The van der Waals surface area contributed by atoms with Crippen molar-refractivity contribution >= 4 is 5.78 Å². The van der Waals surface area contributed by atoms with Gasteiger partial charge in [0.05, 0.1) is 12.9 Å². The number of ether oxygens (including phenoxy) is 1. The second-order valence-electron chi connectivity index (χ2n) is 2.78. The second kappa shape index (κ2) is 4.94. The molecule has 1 heterocycles. The summed E-state index contributed by atoms with van der Waals surface area (Å²) in [5, 5.41) is 0. The fourth-order valence-electron chi connectivity index (χ4n) is 1.10. The highest BCUT2D eigenvalue weighted by Gasteiger charge is 2.01. The van der Waals surface area contributed by atoms with Gasteiger partial charge in [-0.1, -0.05) is 0 Å². The van der Waals surface area contributed by atoms with Crippen LogP contribution >= 0.6 is 0 Å². The lowest BCUT2D eigenvalue weighted by molar-refractivity contribution is -0.119. The molecule has 0 N–H and O–H groups in total. The third-order valence-corrected chi connectivity index (χ3v) is 1.74. The summed E-state index contributed by atoms with van der Waals surface area (Å²) in [4.78, 5) is 11.0. The molecule has 0 saturated heterocycles. The van der Waals surface area contributed by atoms with Crippen LogP contribution in [-0.2, 0) is 9.53 Å². The Balaban J connectivity index is 2.28. The Morgan fingerprint density at radius 3 is 3.00 bits per heavy atom. The molecular weight excluding hydrogens is 140 g/mol. The van der Waals surface area contributed by atoms with E-state index in [-0.39, 0.29) is 0 Å². The van der Waals surface area contributed by atoms with Gasteiger partial charge in [-0.15, -0.1) is 0 Å². The maximum atomic E-state index is 11.0. The van der Waals surface area contributed by atoms with Gasteiger partial charge in [0.1, 0.15) is 5.78 Å². The van der Waals surface area contributed by atoms with E-state index in [0.717, 1.165) is 25.7 Å². The average molecular weight is 154 g/mol. The molecule has 0 radical (unpaired) electrons. The topological polar surface area (TPSA) is 26.3 Å². The lowest BCUT2D eigenvalue weighted by Gasteiger charge is -2.03. The fraction of sp³-hybridized carbons (Fsp3) is 0.667. The highest BCUT2D eigenvalue weighted by Crippen LogP contribution is 2.04. The van der Waals surface area contributed by atoms with Gasteiger partial charge in [0.25, 0.3) is 0 Å². The molecule has 1 aliphatic heterocycles. The zero-order valence-corrected chi connectivity index (χ0v) is 6.71. The van der Waals surface area contributed by atoms with Crippen molar-refractivity contribution in [3.05, 3.63) is 12.3 Å². The molecule has 0 spiro atoms. The molecule has 0 aromatic carbocycles. The van der Waals surface area contributed by atoms with Crippen molar-refractivity contribution in [2.24, 2.45) is 0 Å². The van der Waals surface area contributed by atoms with E-state index in [4.69, 9.17) is 4.74 Å². The van der Waals surface area contributed by atoms with Crippen molar-refractivity contribution in [3.63, 3.8) is 0 Å². The fourth-order valence-corrected chi connectivity index (χ4v) is 1.10. The van der Waals surface area contributed by atoms with Gasteiger partial charge in [-0.05, 0) is 25.3 Å². The molecule has 11 heavy (non-hydrogen) atoms. The number of hydrogen-bond donors (Lipinski definition) is 0. The minimum Gasteiger partial charge on any atom is -0.502 e. The first-order valence-electron chi connectivity index (χ1n) is 4.18. The molecule has 2 heteroatoms. The molecule has 0 aliphatic carbocycles. The molecule has 0 amide bonds. The first-order chi connectivity index (χ1) is 5.39. The normalized spacial score (nSPS) is 23.8. The van der Waals surface area contributed by atoms with Crippen molar-refractivity contribution < 1.29 is 9.53 Å². The summed E-state index contributed by atoms with van der Waals surface area (Å²) in [6.07, 6.45) is 7.96. The maximum Gasteiger partial charge on any atom is 0.133 e. The van der Waals surface area contributed by atoms with Gasteiger partial charge in [0.2, 0.25) is 0 Å². The molecule has 0 saturated carbocycles. The Bertz CT molecular complexity index is 150. The van der Waals surface area contributed by atoms with Gasteiger partial charge in [0, 0.05) is 12.8 Å². The van der Waals surface area contributed by atoms with Crippen LogP contribution in [0, 0.1) is 0 Å². The molecule has 62 valence electrons. The summed E-state index contributed by atoms with van der Waals surface area (Å²) in [5.74, 6) is 0.379. The molecule has 0 unspecified atom stereocenters. The summed E-state index contributed by atoms with van der Waals surface area (Å²) < 4.78 is 5.13. The highest BCUT2D eigenvalue weighted by molar-refractivity contribution is 5.78. The third-order valence-electron chi connectivity index (χ3n) is 1.74. The van der Waals surface area contributed by atoms with Crippen LogP contribution in [0.5, 0.6) is 0 Å². The summed E-state index contributed by atoms with van der Waals surface area (Å²) in [6, 6.07) is 0. The van der Waals surface area contributed by atoms with Gasteiger partial charge in [-0.2, -0.15) is 0 Å². The zero-order chi connectivity index (χ0) is 7.94. The minimum atomic E-state index is 0.379. The predicted molar refractivity (Wildman–Crippen MR) is 43.2 cm³/mol. The van der Waals surface area contributed by atoms with Gasteiger partial charge < -0.3 is 4.74 Å². The number of Topliss-reactive ketones (excluding diaryl/α,β-unsaturated/α-hetero) is 1. The standard InChI is InChI=1S/C9H14O2/c10-9-5-2-1-3-7-11-8-4-6-9/h3,7H,1-2,4-6,8H2/b7-3-. The minimum absolute atomic E-state index is 0.379. The van der Waals surface area contributed by atoms with Gasteiger partial charge in [-0.3, -0.25) is 4.79 Å². The van der Waals surface area contributed by atoms with Crippen molar-refractivity contribution in [1.29, 1.82) is 0 Å². The van der Waals surface area contributed by atoms with Crippen molar-refractivity contribution in [3.8, 4) is 0 Å². The summed E-state index contributed by atoms with van der Waals surface area (Å²) >= 11 is 0. The molecule has 0 fully saturated rings. The smallest absolute Gasteiger partial charge is 0.133 e. The summed E-state index contributed by atoms with van der Waals surface area (Å²) in [6.45, 7) is 0.683. The predicted octanol–water partition coefficient (Wildman–Crippen LogP) is 2.05. The van der Waals surface area contributed by atoms with E-state index in [1.54, 1.807) is 6.26 Å². The number of allylic oxidation sites excluding steroid dienone is 1. The van der Waals surface area contributed by atoms with Crippen molar-refractivity contribution in [2.75, 3.05) is 6.61 Å². The van der Waals surface area contributed by atoms with Crippen LogP contribution in [-0.4, -0.2) is 12.4 Å². The SMILES string of the molecule is O=C1CCC/C=C\OCCC1. The average Bonchev–Trinajstić information content (AvgIpc) is 2.03. The van der Waals surface area contributed by atoms with Crippen LogP contribution in [0.3, 0.4) is 0 Å². The Hall–Kier alpha value is -0.790. The number of hydrogen-bond acceptors (Lipinski definition) is 2. The first kappa shape index (κ1) is 8.31. The maximum absolute atomic E-state index is 11.0. The number of carbonyl (C=O) groups excluding carboxylic acids is 1. The monoisotopic (exact) mass is 154 g/mol. The molecule has 0 atom stereocenters. The van der Waals surface area contributed by atoms with Crippen LogP contribution in [0.15, 0.2) is 12.3 Å². The first-order valence-corrected chi connectivity index (χ1v) is 4.18.